The molecule has 0 radical (unpaired) electrons. The minimum absolute atomic E-state index is 0.285. The van der Waals surface area contributed by atoms with Gasteiger partial charge in [-0.05, 0) is 27.7 Å². The minimum atomic E-state index is -0.565. The van der Waals surface area contributed by atoms with Gasteiger partial charge < -0.3 is 15.0 Å². The molecule has 0 unspecified atom stereocenters. The van der Waals surface area contributed by atoms with Crippen molar-refractivity contribution >= 4 is 7.25 Å². The van der Waals surface area contributed by atoms with E-state index in [9.17, 15) is 0 Å². The maximum atomic E-state index is 5.44. The van der Waals surface area contributed by atoms with Crippen LogP contribution in [0.25, 0.3) is 0 Å². The van der Waals surface area contributed by atoms with Gasteiger partial charge in [-0.3, -0.25) is 0 Å². The summed E-state index contributed by atoms with van der Waals surface area (Å²) in [7, 11) is -0.565. The second kappa shape index (κ2) is 3.77. The standard InChI is InChI=1S/C6H14BNO2.C2H6/c1-5(2)6(3,4)10-7(8)9-5;1-2/h8H2,1-4H3;1-2H3. The molecule has 0 atom stereocenters. The molecule has 0 amide bonds. The van der Waals surface area contributed by atoms with Crippen LogP contribution in [0.15, 0.2) is 0 Å². The zero-order chi connectivity index (χ0) is 9.99. The Bertz CT molecular complexity index is 132. The molecule has 1 fully saturated rings. The van der Waals surface area contributed by atoms with E-state index < -0.39 is 7.25 Å². The quantitative estimate of drug-likeness (QED) is 0.565. The molecule has 0 aromatic heterocycles. The molecule has 3 nitrogen and oxygen atoms in total. The molecule has 0 aromatic rings. The van der Waals surface area contributed by atoms with Crippen molar-refractivity contribution in [2.75, 3.05) is 0 Å². The molecule has 0 spiro atoms. The van der Waals surface area contributed by atoms with Crippen molar-refractivity contribution in [3.63, 3.8) is 0 Å². The first-order valence-corrected chi connectivity index (χ1v) is 4.46. The van der Waals surface area contributed by atoms with Gasteiger partial charge in [-0.2, -0.15) is 0 Å². The van der Waals surface area contributed by atoms with E-state index in [1.165, 1.54) is 0 Å². The predicted octanol–water partition coefficient (Wildman–Crippen LogP) is 1.56. The Morgan fingerprint density at radius 2 is 1.17 bits per heavy atom. The van der Waals surface area contributed by atoms with Gasteiger partial charge in [0.1, 0.15) is 0 Å². The molecule has 1 saturated heterocycles. The average Bonchev–Trinajstić information content (AvgIpc) is 2.04. The normalized spacial score (nSPS) is 24.8. The lowest BCUT2D eigenvalue weighted by Gasteiger charge is -2.32. The Hall–Kier alpha value is -0.0551. The Kier molecular flexibility index (Phi) is 3.75. The highest BCUT2D eigenvalue weighted by molar-refractivity contribution is 6.41. The third kappa shape index (κ3) is 2.22. The summed E-state index contributed by atoms with van der Waals surface area (Å²) in [4.78, 5) is 0. The van der Waals surface area contributed by atoms with Crippen LogP contribution in [0, 0.1) is 0 Å². The van der Waals surface area contributed by atoms with Crippen molar-refractivity contribution in [2.24, 2.45) is 5.64 Å². The van der Waals surface area contributed by atoms with Crippen LogP contribution in [0.5, 0.6) is 0 Å². The maximum Gasteiger partial charge on any atom is 0.552 e. The highest BCUT2D eigenvalue weighted by Crippen LogP contribution is 2.34. The van der Waals surface area contributed by atoms with E-state index in [1.807, 2.05) is 41.5 Å². The van der Waals surface area contributed by atoms with Crippen LogP contribution < -0.4 is 5.64 Å². The van der Waals surface area contributed by atoms with Crippen molar-refractivity contribution in [1.82, 2.24) is 0 Å². The lowest BCUT2D eigenvalue weighted by atomic mass is 9.90. The molecule has 4 heteroatoms. The molecular weight excluding hydrogens is 153 g/mol. The van der Waals surface area contributed by atoms with Crippen molar-refractivity contribution in [2.45, 2.75) is 52.7 Å². The molecule has 0 bridgehead atoms. The Morgan fingerprint density at radius 3 is 1.25 bits per heavy atom. The molecule has 12 heavy (non-hydrogen) atoms. The van der Waals surface area contributed by atoms with E-state index in [-0.39, 0.29) is 11.2 Å². The number of hydrogen-bond acceptors (Lipinski definition) is 3. The van der Waals surface area contributed by atoms with Crippen LogP contribution >= 0.6 is 0 Å². The highest BCUT2D eigenvalue weighted by atomic mass is 16.7. The zero-order valence-electron chi connectivity index (χ0n) is 8.97. The fourth-order valence-corrected chi connectivity index (χ4v) is 0.889. The van der Waals surface area contributed by atoms with Gasteiger partial charge in [0.15, 0.2) is 0 Å². The molecule has 0 aromatic carbocycles. The van der Waals surface area contributed by atoms with Gasteiger partial charge in [-0.25, -0.2) is 0 Å². The fraction of sp³-hybridized carbons (Fsp3) is 1.00. The fourth-order valence-electron chi connectivity index (χ4n) is 0.889. The number of hydrogen-bond donors (Lipinski definition) is 1. The molecule has 0 aliphatic carbocycles. The Balaban J connectivity index is 0.000000561. The molecule has 2 N–H and O–H groups in total. The van der Waals surface area contributed by atoms with Gasteiger partial charge in [-0.15, -0.1) is 0 Å². The minimum Gasteiger partial charge on any atom is -0.389 e. The monoisotopic (exact) mass is 173 g/mol. The zero-order valence-corrected chi connectivity index (χ0v) is 8.97. The van der Waals surface area contributed by atoms with Crippen LogP contribution in [-0.2, 0) is 9.31 Å². The largest absolute Gasteiger partial charge is 0.552 e. The van der Waals surface area contributed by atoms with Crippen molar-refractivity contribution in [1.29, 1.82) is 0 Å². The maximum absolute atomic E-state index is 5.44. The van der Waals surface area contributed by atoms with Gasteiger partial charge in [0.25, 0.3) is 0 Å². The van der Waals surface area contributed by atoms with Crippen molar-refractivity contribution in [3.8, 4) is 0 Å². The first-order chi connectivity index (χ1) is 5.35. The molecule has 72 valence electrons. The van der Waals surface area contributed by atoms with Crippen LogP contribution in [0.3, 0.4) is 0 Å². The van der Waals surface area contributed by atoms with Gasteiger partial charge >= 0.3 is 7.25 Å². The summed E-state index contributed by atoms with van der Waals surface area (Å²) in [6.07, 6.45) is 0. The molecule has 0 saturated carbocycles. The summed E-state index contributed by atoms with van der Waals surface area (Å²) >= 11 is 0. The Labute approximate surface area is 75.8 Å². The summed E-state index contributed by atoms with van der Waals surface area (Å²) < 4.78 is 10.6. The Morgan fingerprint density at radius 1 is 0.917 bits per heavy atom. The summed E-state index contributed by atoms with van der Waals surface area (Å²) in [6.45, 7) is 11.9. The number of rotatable bonds is 0. The van der Waals surface area contributed by atoms with Crippen molar-refractivity contribution < 1.29 is 9.31 Å². The van der Waals surface area contributed by atoms with Gasteiger partial charge in [0.05, 0.1) is 11.2 Å². The number of nitrogens with two attached hydrogens (primary N) is 1. The molecule has 1 aliphatic heterocycles. The van der Waals surface area contributed by atoms with Gasteiger partial charge in [0, 0.05) is 0 Å². The van der Waals surface area contributed by atoms with Crippen LogP contribution in [0.4, 0.5) is 0 Å². The first kappa shape index (κ1) is 11.9. The van der Waals surface area contributed by atoms with E-state index in [1.54, 1.807) is 0 Å². The highest BCUT2D eigenvalue weighted by Gasteiger charge is 2.49. The predicted molar refractivity (Wildman–Crippen MR) is 51.6 cm³/mol. The van der Waals surface area contributed by atoms with E-state index in [2.05, 4.69) is 0 Å². The van der Waals surface area contributed by atoms with Gasteiger partial charge in [-0.1, -0.05) is 13.8 Å². The second-order valence-electron chi connectivity index (χ2n) is 3.62. The second-order valence-corrected chi connectivity index (χ2v) is 3.62. The lowest BCUT2D eigenvalue weighted by Crippen LogP contribution is -2.41. The lowest BCUT2D eigenvalue weighted by molar-refractivity contribution is 0.00578. The van der Waals surface area contributed by atoms with E-state index in [0.717, 1.165) is 0 Å². The van der Waals surface area contributed by atoms with Crippen LogP contribution in [-0.4, -0.2) is 18.5 Å². The molecule has 1 rings (SSSR count). The third-order valence-electron chi connectivity index (χ3n) is 2.27. The van der Waals surface area contributed by atoms with Crippen LogP contribution in [0.2, 0.25) is 0 Å². The van der Waals surface area contributed by atoms with E-state index >= 15 is 0 Å². The third-order valence-corrected chi connectivity index (χ3v) is 2.27. The average molecular weight is 173 g/mol. The molecule has 1 aliphatic rings. The molecule has 1 heterocycles. The summed E-state index contributed by atoms with van der Waals surface area (Å²) in [5, 5.41) is 0. The van der Waals surface area contributed by atoms with E-state index in [0.29, 0.717) is 0 Å². The van der Waals surface area contributed by atoms with Crippen LogP contribution in [0.1, 0.15) is 41.5 Å². The van der Waals surface area contributed by atoms with E-state index in [4.69, 9.17) is 15.0 Å². The van der Waals surface area contributed by atoms with Crippen molar-refractivity contribution in [3.05, 3.63) is 0 Å². The smallest absolute Gasteiger partial charge is 0.389 e. The summed E-state index contributed by atoms with van der Waals surface area (Å²) in [5.41, 5.74) is 4.87. The molecular formula is C8H20BNO2. The topological polar surface area (TPSA) is 44.5 Å². The summed E-state index contributed by atoms with van der Waals surface area (Å²) in [5.74, 6) is 0. The van der Waals surface area contributed by atoms with Gasteiger partial charge in [0.2, 0.25) is 0 Å². The summed E-state index contributed by atoms with van der Waals surface area (Å²) in [6, 6.07) is 0. The first-order valence-electron chi connectivity index (χ1n) is 4.46. The SMILES string of the molecule is CC.CC1(C)OB(N)OC1(C)C.